The second-order valence-corrected chi connectivity index (χ2v) is 2.54. The second-order valence-electron chi connectivity index (χ2n) is 2.54. The highest BCUT2D eigenvalue weighted by Gasteiger charge is 2.05. The molecule has 0 atom stereocenters. The highest BCUT2D eigenvalue weighted by molar-refractivity contribution is 5.39. The van der Waals surface area contributed by atoms with Gasteiger partial charge in [0.05, 0.1) is 6.20 Å². The van der Waals surface area contributed by atoms with Crippen LogP contribution >= 0.6 is 0 Å². The average molecular weight is 186 g/mol. The van der Waals surface area contributed by atoms with Crippen molar-refractivity contribution in [1.82, 2.24) is 15.0 Å². The van der Waals surface area contributed by atoms with Gasteiger partial charge in [0, 0.05) is 14.1 Å². The number of hydrogen-bond donors (Lipinski definition) is 3. The predicted octanol–water partition coefficient (Wildman–Crippen LogP) is -0.210. The van der Waals surface area contributed by atoms with E-state index in [1.807, 2.05) is 0 Å². The van der Waals surface area contributed by atoms with Crippen LogP contribution in [0.15, 0.2) is 6.20 Å². The molecular weight excluding hydrogens is 175 g/mol. The number of nitrogen functional groups attached to an aromatic ring is 1. The Morgan fingerprint density at radius 1 is 1.54 bits per heavy atom. The highest BCUT2D eigenvalue weighted by Crippen LogP contribution is 2.10. The minimum Gasteiger partial charge on any atom is -0.301 e. The lowest BCUT2D eigenvalue weighted by molar-refractivity contribution is 0.482. The molecule has 0 saturated carbocycles. The van der Waals surface area contributed by atoms with E-state index in [-0.39, 0.29) is 11.8 Å². The van der Waals surface area contributed by atoms with Crippen molar-refractivity contribution in [1.29, 1.82) is 0 Å². The zero-order chi connectivity index (χ0) is 9.84. The van der Waals surface area contributed by atoms with Crippen molar-refractivity contribution in [3.8, 4) is 0 Å². The maximum atomic E-state index is 13.0. The summed E-state index contributed by atoms with van der Waals surface area (Å²) in [5, 5.41) is 1.56. The topological polar surface area (TPSA) is 79.1 Å². The molecule has 1 rings (SSSR count). The minimum absolute atomic E-state index is 0.0768. The summed E-state index contributed by atoms with van der Waals surface area (Å²) >= 11 is 0. The molecule has 0 spiro atoms. The summed E-state index contributed by atoms with van der Waals surface area (Å²) in [6, 6.07) is 0. The second kappa shape index (κ2) is 3.97. The first kappa shape index (κ1) is 9.62. The van der Waals surface area contributed by atoms with Crippen molar-refractivity contribution in [2.45, 2.75) is 0 Å². The normalized spacial score (nSPS) is 10.2. The van der Waals surface area contributed by atoms with Gasteiger partial charge in [0.15, 0.2) is 11.6 Å². The summed E-state index contributed by atoms with van der Waals surface area (Å²) in [5.41, 5.74) is 4.88. The summed E-state index contributed by atoms with van der Waals surface area (Å²) in [6.45, 7) is 0. The molecule has 4 N–H and O–H groups in total. The van der Waals surface area contributed by atoms with Crippen LogP contribution < -0.4 is 16.7 Å². The smallest absolute Gasteiger partial charge is 0.239 e. The van der Waals surface area contributed by atoms with Gasteiger partial charge in [-0.2, -0.15) is 4.98 Å². The number of hydrogen-bond acceptors (Lipinski definition) is 6. The summed E-state index contributed by atoms with van der Waals surface area (Å²) in [5.74, 6) is 4.76. The maximum absolute atomic E-state index is 13.0. The first-order valence-electron chi connectivity index (χ1n) is 3.56. The lowest BCUT2D eigenvalue weighted by Gasteiger charge is -2.13. The van der Waals surface area contributed by atoms with E-state index in [9.17, 15) is 4.39 Å². The lowest BCUT2D eigenvalue weighted by atomic mass is 10.5. The molecule has 0 aromatic carbocycles. The van der Waals surface area contributed by atoms with Crippen LogP contribution in [0.5, 0.6) is 0 Å². The Kier molecular flexibility index (Phi) is 2.93. The fourth-order valence-corrected chi connectivity index (χ4v) is 0.727. The van der Waals surface area contributed by atoms with E-state index in [0.717, 1.165) is 6.20 Å². The molecule has 1 aromatic rings. The molecule has 1 heterocycles. The quantitative estimate of drug-likeness (QED) is 0.448. The van der Waals surface area contributed by atoms with Crippen molar-refractivity contribution < 1.29 is 4.39 Å². The van der Waals surface area contributed by atoms with E-state index in [1.165, 1.54) is 0 Å². The Balaban J connectivity index is 2.90. The fourth-order valence-electron chi connectivity index (χ4n) is 0.727. The molecule has 6 nitrogen and oxygen atoms in total. The third-order valence-electron chi connectivity index (χ3n) is 1.20. The Morgan fingerprint density at radius 3 is 2.77 bits per heavy atom. The SMILES string of the molecule is CN(C)Nc1nc(NN)ncc1F. The van der Waals surface area contributed by atoms with E-state index < -0.39 is 5.82 Å². The highest BCUT2D eigenvalue weighted by atomic mass is 19.1. The Labute approximate surface area is 74.9 Å². The molecule has 0 saturated heterocycles. The third-order valence-corrected chi connectivity index (χ3v) is 1.20. The van der Waals surface area contributed by atoms with Crippen molar-refractivity contribution in [3.05, 3.63) is 12.0 Å². The van der Waals surface area contributed by atoms with Gasteiger partial charge >= 0.3 is 0 Å². The van der Waals surface area contributed by atoms with Gasteiger partial charge in [0.2, 0.25) is 5.95 Å². The van der Waals surface area contributed by atoms with Crippen molar-refractivity contribution >= 4 is 11.8 Å². The molecule has 0 unspecified atom stereocenters. The number of nitrogens with zero attached hydrogens (tertiary/aromatic N) is 3. The summed E-state index contributed by atoms with van der Waals surface area (Å²) < 4.78 is 13.0. The van der Waals surface area contributed by atoms with E-state index in [2.05, 4.69) is 20.8 Å². The molecule has 0 aliphatic heterocycles. The van der Waals surface area contributed by atoms with Gasteiger partial charge in [-0.25, -0.2) is 20.2 Å². The number of nitrogens with two attached hydrogens (primary N) is 1. The van der Waals surface area contributed by atoms with Gasteiger partial charge in [-0.05, 0) is 0 Å². The summed E-state index contributed by atoms with van der Waals surface area (Å²) in [4.78, 5) is 7.34. The molecule has 1 aromatic heterocycles. The molecule has 0 aliphatic rings. The third kappa shape index (κ3) is 2.49. The Morgan fingerprint density at radius 2 is 2.23 bits per heavy atom. The van der Waals surface area contributed by atoms with Crippen LogP contribution in [0.25, 0.3) is 0 Å². The molecule has 13 heavy (non-hydrogen) atoms. The van der Waals surface area contributed by atoms with Crippen molar-refractivity contribution in [2.75, 3.05) is 24.9 Å². The van der Waals surface area contributed by atoms with Gasteiger partial charge in [0.25, 0.3) is 0 Å². The average Bonchev–Trinajstić information content (AvgIpc) is 2.08. The number of aromatic nitrogens is 2. The van der Waals surface area contributed by atoms with Gasteiger partial charge in [0.1, 0.15) is 0 Å². The van der Waals surface area contributed by atoms with E-state index in [0.29, 0.717) is 0 Å². The molecular formula is C6H11FN6. The molecule has 0 radical (unpaired) electrons. The largest absolute Gasteiger partial charge is 0.301 e. The minimum atomic E-state index is -0.535. The van der Waals surface area contributed by atoms with Crippen LogP contribution in [0.4, 0.5) is 16.2 Å². The lowest BCUT2D eigenvalue weighted by Crippen LogP contribution is -2.22. The van der Waals surface area contributed by atoms with Crippen LogP contribution in [0.1, 0.15) is 0 Å². The molecule has 0 fully saturated rings. The summed E-state index contributed by atoms with van der Waals surface area (Å²) in [7, 11) is 3.44. The van der Waals surface area contributed by atoms with E-state index >= 15 is 0 Å². The number of nitrogens with one attached hydrogen (secondary N) is 2. The Hall–Kier alpha value is -1.47. The van der Waals surface area contributed by atoms with Gasteiger partial charge in [-0.1, -0.05) is 0 Å². The predicted molar refractivity (Wildman–Crippen MR) is 47.1 cm³/mol. The standard InChI is InChI=1S/C6H11FN6/c1-13(2)12-5-4(7)3-9-6(10-5)11-8/h3H,8H2,1-2H3,(H2,9,10,11,12). The van der Waals surface area contributed by atoms with E-state index in [4.69, 9.17) is 5.84 Å². The van der Waals surface area contributed by atoms with Crippen LogP contribution in [0.2, 0.25) is 0 Å². The van der Waals surface area contributed by atoms with E-state index in [1.54, 1.807) is 19.1 Å². The van der Waals surface area contributed by atoms with Crippen molar-refractivity contribution in [2.24, 2.45) is 5.84 Å². The first-order chi connectivity index (χ1) is 6.13. The summed E-state index contributed by atoms with van der Waals surface area (Å²) in [6.07, 6.45) is 1.04. The number of anilines is 2. The molecule has 7 heteroatoms. The maximum Gasteiger partial charge on any atom is 0.239 e. The zero-order valence-corrected chi connectivity index (χ0v) is 7.37. The van der Waals surface area contributed by atoms with Gasteiger partial charge in [-0.3, -0.25) is 5.43 Å². The molecule has 0 aliphatic carbocycles. The van der Waals surface area contributed by atoms with Crippen LogP contribution in [-0.2, 0) is 0 Å². The van der Waals surface area contributed by atoms with Crippen molar-refractivity contribution in [3.63, 3.8) is 0 Å². The van der Waals surface area contributed by atoms with Gasteiger partial charge in [-0.15, -0.1) is 0 Å². The zero-order valence-electron chi connectivity index (χ0n) is 7.37. The van der Waals surface area contributed by atoms with Crippen LogP contribution in [0.3, 0.4) is 0 Å². The Bertz CT molecular complexity index is 288. The number of rotatable bonds is 3. The van der Waals surface area contributed by atoms with Gasteiger partial charge < -0.3 is 5.43 Å². The van der Waals surface area contributed by atoms with Crippen LogP contribution in [0, 0.1) is 5.82 Å². The number of halogens is 1. The molecule has 0 bridgehead atoms. The molecule has 72 valence electrons. The molecule has 0 amide bonds. The van der Waals surface area contributed by atoms with Crippen LogP contribution in [-0.4, -0.2) is 29.1 Å². The fraction of sp³-hybridized carbons (Fsp3) is 0.333. The first-order valence-corrected chi connectivity index (χ1v) is 3.56. The monoisotopic (exact) mass is 186 g/mol. The number of hydrazine groups is 2.